The van der Waals surface area contributed by atoms with Gasteiger partial charge in [0.15, 0.2) is 5.78 Å². The molecular weight excluding hydrogens is 376 g/mol. The molecule has 3 rings (SSSR count). The van der Waals surface area contributed by atoms with Crippen LogP contribution in [0.3, 0.4) is 0 Å². The zero-order valence-electron chi connectivity index (χ0n) is 18.4. The molecule has 1 amide bonds. The van der Waals surface area contributed by atoms with Crippen molar-refractivity contribution in [1.82, 2.24) is 4.90 Å². The predicted octanol–water partition coefficient (Wildman–Crippen LogP) is 4.51. The number of benzene rings is 2. The van der Waals surface area contributed by atoms with Crippen molar-refractivity contribution in [2.75, 3.05) is 18.4 Å². The third kappa shape index (κ3) is 6.00. The minimum absolute atomic E-state index is 0.00201. The van der Waals surface area contributed by atoms with E-state index < -0.39 is 0 Å². The minimum Gasteiger partial charge on any atom is -0.373 e. The normalized spacial score (nSPS) is 19.5. The molecule has 1 aliphatic rings. The molecule has 5 heteroatoms. The van der Waals surface area contributed by atoms with Gasteiger partial charge >= 0.3 is 0 Å². The number of Topliss-reactive ketones (excluding diaryl/α,β-unsaturated/α-hetero) is 1. The molecule has 2 atom stereocenters. The monoisotopic (exact) mass is 408 g/mol. The Balaban J connectivity index is 1.57. The van der Waals surface area contributed by atoms with E-state index in [-0.39, 0.29) is 36.7 Å². The summed E-state index contributed by atoms with van der Waals surface area (Å²) in [5.41, 5.74) is 4.80. The lowest BCUT2D eigenvalue weighted by Gasteiger charge is -2.35. The molecule has 1 N–H and O–H groups in total. The van der Waals surface area contributed by atoms with Crippen LogP contribution in [0.4, 0.5) is 5.69 Å². The van der Waals surface area contributed by atoms with Gasteiger partial charge in [0.25, 0.3) is 0 Å². The van der Waals surface area contributed by atoms with E-state index in [4.69, 9.17) is 4.74 Å². The Labute approximate surface area is 179 Å². The summed E-state index contributed by atoms with van der Waals surface area (Å²) in [4.78, 5) is 27.3. The fourth-order valence-electron chi connectivity index (χ4n) is 3.93. The highest BCUT2D eigenvalue weighted by Gasteiger charge is 2.23. The molecule has 0 bridgehead atoms. The standard InChI is InChI=1S/C25H32N2O3/c1-17-9-10-21(13-18(17)2)24(28)11-12-25(29)26-23-8-6-5-7-22(23)16-27-14-19(3)30-20(4)15-27/h5-10,13,19-20H,11-12,14-16H2,1-4H3,(H,26,29). The van der Waals surface area contributed by atoms with Crippen LogP contribution in [-0.2, 0) is 16.1 Å². The summed E-state index contributed by atoms with van der Waals surface area (Å²) < 4.78 is 5.81. The summed E-state index contributed by atoms with van der Waals surface area (Å²) in [7, 11) is 0. The molecule has 1 saturated heterocycles. The van der Waals surface area contributed by atoms with Crippen molar-refractivity contribution >= 4 is 17.4 Å². The molecule has 0 saturated carbocycles. The number of ketones is 1. The number of rotatable bonds is 7. The molecule has 2 aromatic carbocycles. The number of carbonyl (C=O) groups excluding carboxylic acids is 2. The van der Waals surface area contributed by atoms with Gasteiger partial charge in [-0.05, 0) is 56.5 Å². The second kappa shape index (κ2) is 10.0. The van der Waals surface area contributed by atoms with Crippen LogP contribution in [0.25, 0.3) is 0 Å². The zero-order valence-corrected chi connectivity index (χ0v) is 18.4. The number of anilines is 1. The first-order valence-electron chi connectivity index (χ1n) is 10.7. The molecular formula is C25H32N2O3. The van der Waals surface area contributed by atoms with Crippen LogP contribution in [0.2, 0.25) is 0 Å². The summed E-state index contributed by atoms with van der Waals surface area (Å²) >= 11 is 0. The maximum absolute atomic E-state index is 12.5. The molecule has 0 aromatic heterocycles. The van der Waals surface area contributed by atoms with E-state index in [0.29, 0.717) is 5.56 Å². The highest BCUT2D eigenvalue weighted by atomic mass is 16.5. The predicted molar refractivity (Wildman–Crippen MR) is 120 cm³/mol. The Morgan fingerprint density at radius 3 is 2.40 bits per heavy atom. The fourth-order valence-corrected chi connectivity index (χ4v) is 3.93. The van der Waals surface area contributed by atoms with Gasteiger partial charge in [-0.2, -0.15) is 0 Å². The summed E-state index contributed by atoms with van der Waals surface area (Å²) in [6.07, 6.45) is 0.777. The van der Waals surface area contributed by atoms with Crippen LogP contribution in [0, 0.1) is 13.8 Å². The van der Waals surface area contributed by atoms with Crippen molar-refractivity contribution in [2.45, 2.75) is 59.3 Å². The number of para-hydroxylation sites is 1. The quantitative estimate of drug-likeness (QED) is 0.685. The van der Waals surface area contributed by atoms with Gasteiger partial charge in [-0.15, -0.1) is 0 Å². The highest BCUT2D eigenvalue weighted by Crippen LogP contribution is 2.21. The Morgan fingerprint density at radius 2 is 1.70 bits per heavy atom. The van der Waals surface area contributed by atoms with Gasteiger partial charge < -0.3 is 10.1 Å². The summed E-state index contributed by atoms with van der Waals surface area (Å²) in [5.74, 6) is -0.138. The van der Waals surface area contributed by atoms with Crippen molar-refractivity contribution in [1.29, 1.82) is 0 Å². The third-order valence-corrected chi connectivity index (χ3v) is 5.59. The summed E-state index contributed by atoms with van der Waals surface area (Å²) in [5, 5.41) is 3.00. The molecule has 1 fully saturated rings. The number of amides is 1. The molecule has 30 heavy (non-hydrogen) atoms. The van der Waals surface area contributed by atoms with Crippen molar-refractivity contribution in [3.05, 3.63) is 64.7 Å². The minimum atomic E-state index is -0.136. The average molecular weight is 409 g/mol. The number of morpholine rings is 1. The van der Waals surface area contributed by atoms with Crippen LogP contribution in [-0.4, -0.2) is 41.9 Å². The van der Waals surface area contributed by atoms with Crippen LogP contribution < -0.4 is 5.32 Å². The van der Waals surface area contributed by atoms with Crippen LogP contribution in [0.5, 0.6) is 0 Å². The maximum atomic E-state index is 12.5. The van der Waals surface area contributed by atoms with E-state index in [1.54, 1.807) is 0 Å². The van der Waals surface area contributed by atoms with E-state index in [9.17, 15) is 9.59 Å². The number of nitrogens with one attached hydrogen (secondary N) is 1. The van der Waals surface area contributed by atoms with Gasteiger partial charge in [-0.1, -0.05) is 30.3 Å². The van der Waals surface area contributed by atoms with Crippen molar-refractivity contribution < 1.29 is 14.3 Å². The second-order valence-corrected chi connectivity index (χ2v) is 8.38. The first-order valence-corrected chi connectivity index (χ1v) is 10.7. The Kier molecular flexibility index (Phi) is 7.40. The molecule has 0 spiro atoms. The zero-order chi connectivity index (χ0) is 21.7. The van der Waals surface area contributed by atoms with Crippen molar-refractivity contribution in [3.63, 3.8) is 0 Å². The van der Waals surface area contributed by atoms with Crippen LogP contribution in [0.1, 0.15) is 53.7 Å². The van der Waals surface area contributed by atoms with Crippen LogP contribution >= 0.6 is 0 Å². The number of nitrogens with zero attached hydrogens (tertiary/aromatic N) is 1. The highest BCUT2D eigenvalue weighted by molar-refractivity contribution is 6.00. The molecule has 0 radical (unpaired) electrons. The molecule has 160 valence electrons. The fraction of sp³-hybridized carbons (Fsp3) is 0.440. The lowest BCUT2D eigenvalue weighted by molar-refractivity contribution is -0.116. The number of hydrogen-bond acceptors (Lipinski definition) is 4. The molecule has 1 heterocycles. The first-order chi connectivity index (χ1) is 14.3. The third-order valence-electron chi connectivity index (χ3n) is 5.59. The van der Waals surface area contributed by atoms with Gasteiger partial charge in [0.05, 0.1) is 12.2 Å². The van der Waals surface area contributed by atoms with Crippen molar-refractivity contribution in [2.24, 2.45) is 0 Å². The molecule has 2 aromatic rings. The number of hydrogen-bond donors (Lipinski definition) is 1. The molecule has 0 aliphatic carbocycles. The topological polar surface area (TPSA) is 58.6 Å². The molecule has 5 nitrogen and oxygen atoms in total. The van der Waals surface area contributed by atoms with Gasteiger partial charge in [-0.3, -0.25) is 14.5 Å². The van der Waals surface area contributed by atoms with E-state index in [2.05, 4.69) is 24.1 Å². The van der Waals surface area contributed by atoms with Gasteiger partial charge in [0.1, 0.15) is 0 Å². The average Bonchev–Trinajstić information content (AvgIpc) is 2.69. The number of aryl methyl sites for hydroxylation is 2. The van der Waals surface area contributed by atoms with E-state index >= 15 is 0 Å². The molecule has 2 unspecified atom stereocenters. The largest absolute Gasteiger partial charge is 0.373 e. The van der Waals surface area contributed by atoms with Crippen molar-refractivity contribution in [3.8, 4) is 0 Å². The Morgan fingerprint density at radius 1 is 1.00 bits per heavy atom. The first kappa shape index (κ1) is 22.2. The summed E-state index contributed by atoms with van der Waals surface area (Å²) in [6, 6.07) is 13.6. The number of ether oxygens (including phenoxy) is 1. The number of carbonyl (C=O) groups is 2. The lowest BCUT2D eigenvalue weighted by atomic mass is 10.0. The second-order valence-electron chi connectivity index (χ2n) is 8.38. The maximum Gasteiger partial charge on any atom is 0.224 e. The van der Waals surface area contributed by atoms with Gasteiger partial charge in [0, 0.05) is 43.7 Å². The summed E-state index contributed by atoms with van der Waals surface area (Å²) in [6.45, 7) is 10.7. The smallest absolute Gasteiger partial charge is 0.224 e. The van der Waals surface area contributed by atoms with E-state index in [0.717, 1.165) is 42.0 Å². The Bertz CT molecular complexity index is 899. The SMILES string of the molecule is Cc1ccc(C(=O)CCC(=O)Nc2ccccc2CN2CC(C)OC(C)C2)cc1C. The molecule has 1 aliphatic heterocycles. The lowest BCUT2D eigenvalue weighted by Crippen LogP contribution is -2.44. The van der Waals surface area contributed by atoms with E-state index in [1.807, 2.05) is 56.3 Å². The Hall–Kier alpha value is -2.50. The van der Waals surface area contributed by atoms with Gasteiger partial charge in [0.2, 0.25) is 5.91 Å². The van der Waals surface area contributed by atoms with Crippen LogP contribution in [0.15, 0.2) is 42.5 Å². The van der Waals surface area contributed by atoms with E-state index in [1.165, 1.54) is 0 Å². The van der Waals surface area contributed by atoms with Gasteiger partial charge in [-0.25, -0.2) is 0 Å².